The summed E-state index contributed by atoms with van der Waals surface area (Å²) in [6.07, 6.45) is 0.926. The Morgan fingerprint density at radius 1 is 0.842 bits per heavy atom. The van der Waals surface area contributed by atoms with Crippen molar-refractivity contribution in [3.05, 3.63) is 112 Å². The molecular weight excluding hydrogens is 501 g/mol. The smallest absolute Gasteiger partial charge is 0.255 e. The van der Waals surface area contributed by atoms with E-state index in [2.05, 4.69) is 6.92 Å². The van der Waals surface area contributed by atoms with Crippen LogP contribution in [0.4, 0.5) is 4.39 Å². The Hall–Kier alpha value is -3.90. The maximum Gasteiger partial charge on any atom is 0.255 e. The van der Waals surface area contributed by atoms with Gasteiger partial charge in [-0.1, -0.05) is 48.9 Å². The third-order valence-corrected chi connectivity index (χ3v) is 7.40. The zero-order valence-electron chi connectivity index (χ0n) is 21.5. The number of carbonyl (C=O) groups is 2. The van der Waals surface area contributed by atoms with Crippen LogP contribution in [0.3, 0.4) is 0 Å². The molecule has 1 aromatic heterocycles. The van der Waals surface area contributed by atoms with Crippen molar-refractivity contribution in [2.45, 2.75) is 20.3 Å². The topological polar surface area (TPSA) is 45.6 Å². The molecule has 1 fully saturated rings. The maximum atomic E-state index is 14.2. The van der Waals surface area contributed by atoms with Gasteiger partial charge in [-0.05, 0) is 73.0 Å². The van der Waals surface area contributed by atoms with Crippen molar-refractivity contribution < 1.29 is 14.0 Å². The number of aryl methyl sites for hydroxylation is 1. The number of benzene rings is 3. The minimum Gasteiger partial charge on any atom is -0.335 e. The Morgan fingerprint density at radius 2 is 1.47 bits per heavy atom. The minimum atomic E-state index is -0.351. The first-order valence-corrected chi connectivity index (χ1v) is 13.1. The van der Waals surface area contributed by atoms with Crippen LogP contribution in [0.15, 0.2) is 78.9 Å². The second kappa shape index (κ2) is 10.8. The summed E-state index contributed by atoms with van der Waals surface area (Å²) in [7, 11) is 0. The van der Waals surface area contributed by atoms with Gasteiger partial charge < -0.3 is 14.4 Å². The van der Waals surface area contributed by atoms with Gasteiger partial charge in [0.25, 0.3) is 11.8 Å². The molecule has 5 nitrogen and oxygen atoms in total. The predicted molar refractivity (Wildman–Crippen MR) is 149 cm³/mol. The summed E-state index contributed by atoms with van der Waals surface area (Å²) in [5.74, 6) is -0.471. The fourth-order valence-corrected chi connectivity index (χ4v) is 5.08. The highest BCUT2D eigenvalue weighted by Crippen LogP contribution is 2.31. The summed E-state index contributed by atoms with van der Waals surface area (Å²) in [6, 6.07) is 23.3. The molecule has 38 heavy (non-hydrogen) atoms. The van der Waals surface area contributed by atoms with E-state index in [1.807, 2.05) is 60.0 Å². The monoisotopic (exact) mass is 529 g/mol. The van der Waals surface area contributed by atoms with E-state index in [0.717, 1.165) is 23.4 Å². The van der Waals surface area contributed by atoms with Crippen LogP contribution in [0, 0.1) is 12.7 Å². The molecule has 7 heteroatoms. The Kier molecular flexibility index (Phi) is 7.34. The van der Waals surface area contributed by atoms with Gasteiger partial charge in [-0.3, -0.25) is 9.59 Å². The molecule has 1 saturated heterocycles. The molecule has 1 aliphatic heterocycles. The molecule has 0 radical (unpaired) electrons. The number of halogens is 2. The molecule has 4 aromatic rings. The fraction of sp³-hybridized carbons (Fsp3) is 0.226. The molecule has 0 bridgehead atoms. The van der Waals surface area contributed by atoms with E-state index in [1.54, 1.807) is 28.0 Å². The summed E-state index contributed by atoms with van der Waals surface area (Å²) in [6.45, 7) is 5.77. The zero-order valence-corrected chi connectivity index (χ0v) is 22.2. The summed E-state index contributed by atoms with van der Waals surface area (Å²) in [5.41, 5.74) is 5.40. The number of rotatable bonds is 5. The van der Waals surface area contributed by atoms with E-state index in [0.29, 0.717) is 48.0 Å². The molecule has 194 valence electrons. The van der Waals surface area contributed by atoms with Crippen LogP contribution >= 0.6 is 11.6 Å². The van der Waals surface area contributed by atoms with Crippen LogP contribution in [-0.2, 0) is 6.42 Å². The Balaban J connectivity index is 1.39. The van der Waals surface area contributed by atoms with E-state index < -0.39 is 0 Å². The predicted octanol–water partition coefficient (Wildman–Crippen LogP) is 6.41. The van der Waals surface area contributed by atoms with Gasteiger partial charge in [-0.2, -0.15) is 0 Å². The van der Waals surface area contributed by atoms with E-state index >= 15 is 0 Å². The molecule has 5 rings (SSSR count). The minimum absolute atomic E-state index is 0.0155. The Morgan fingerprint density at radius 3 is 2.08 bits per heavy atom. The van der Waals surface area contributed by atoms with Gasteiger partial charge in [-0.15, -0.1) is 0 Å². The standard InChI is InChI=1S/C31H29ClFN3O2/c1-3-22-7-9-24(10-8-22)30(37)34-15-17-35(18-16-34)31(38)28-20-29(23-11-13-25(32)14-12-23)36(21(28)2)27-6-4-5-26(33)19-27/h4-14,19-20H,3,15-18H2,1-2H3. The zero-order chi connectivity index (χ0) is 26.8. The third-order valence-electron chi connectivity index (χ3n) is 7.15. The van der Waals surface area contributed by atoms with Crippen molar-refractivity contribution in [1.82, 2.24) is 14.4 Å². The summed E-state index contributed by atoms with van der Waals surface area (Å²) in [5, 5.41) is 0.611. The molecule has 2 heterocycles. The summed E-state index contributed by atoms with van der Waals surface area (Å²) < 4.78 is 16.1. The van der Waals surface area contributed by atoms with Crippen LogP contribution in [0.1, 0.15) is 38.9 Å². The average Bonchev–Trinajstić information content (AvgIpc) is 3.29. The molecular formula is C31H29ClFN3O2. The van der Waals surface area contributed by atoms with Gasteiger partial charge >= 0.3 is 0 Å². The van der Waals surface area contributed by atoms with Crippen molar-refractivity contribution in [2.75, 3.05) is 26.2 Å². The number of nitrogens with zero attached hydrogens (tertiary/aromatic N) is 3. The van der Waals surface area contributed by atoms with Crippen LogP contribution in [0.25, 0.3) is 16.9 Å². The van der Waals surface area contributed by atoms with Gasteiger partial charge in [0, 0.05) is 48.1 Å². The van der Waals surface area contributed by atoms with Gasteiger partial charge in [0.05, 0.1) is 11.3 Å². The highest BCUT2D eigenvalue weighted by Gasteiger charge is 2.28. The SMILES string of the molecule is CCc1ccc(C(=O)N2CCN(C(=O)c3cc(-c4ccc(Cl)cc4)n(-c4cccc(F)c4)c3C)CC2)cc1. The molecule has 0 aliphatic carbocycles. The van der Waals surface area contributed by atoms with E-state index in [4.69, 9.17) is 11.6 Å². The third kappa shape index (κ3) is 5.09. The van der Waals surface area contributed by atoms with E-state index in [-0.39, 0.29) is 17.6 Å². The summed E-state index contributed by atoms with van der Waals surface area (Å²) in [4.78, 5) is 30.3. The highest BCUT2D eigenvalue weighted by atomic mass is 35.5. The second-order valence-electron chi connectivity index (χ2n) is 9.49. The lowest BCUT2D eigenvalue weighted by Crippen LogP contribution is -2.50. The first-order valence-electron chi connectivity index (χ1n) is 12.8. The van der Waals surface area contributed by atoms with Gasteiger partial charge in [0.2, 0.25) is 0 Å². The van der Waals surface area contributed by atoms with Crippen molar-refractivity contribution in [1.29, 1.82) is 0 Å². The Bertz CT molecular complexity index is 1470. The lowest BCUT2D eigenvalue weighted by molar-refractivity contribution is 0.0535. The molecule has 0 atom stereocenters. The fourth-order valence-electron chi connectivity index (χ4n) is 4.95. The summed E-state index contributed by atoms with van der Waals surface area (Å²) >= 11 is 6.11. The second-order valence-corrected chi connectivity index (χ2v) is 9.92. The van der Waals surface area contributed by atoms with E-state index in [9.17, 15) is 14.0 Å². The number of piperazine rings is 1. The number of hydrogen-bond donors (Lipinski definition) is 0. The van der Waals surface area contributed by atoms with Crippen LogP contribution in [0.2, 0.25) is 5.02 Å². The number of hydrogen-bond acceptors (Lipinski definition) is 2. The highest BCUT2D eigenvalue weighted by molar-refractivity contribution is 6.30. The molecule has 2 amide bonds. The lowest BCUT2D eigenvalue weighted by atomic mass is 10.1. The van der Waals surface area contributed by atoms with Crippen LogP contribution < -0.4 is 0 Å². The van der Waals surface area contributed by atoms with E-state index in [1.165, 1.54) is 17.7 Å². The lowest BCUT2D eigenvalue weighted by Gasteiger charge is -2.35. The molecule has 0 N–H and O–H groups in total. The quantitative estimate of drug-likeness (QED) is 0.300. The van der Waals surface area contributed by atoms with Crippen molar-refractivity contribution in [3.63, 3.8) is 0 Å². The first kappa shape index (κ1) is 25.7. The molecule has 3 aromatic carbocycles. The molecule has 1 aliphatic rings. The van der Waals surface area contributed by atoms with Crippen LogP contribution in [-0.4, -0.2) is 52.4 Å². The van der Waals surface area contributed by atoms with Gasteiger partial charge in [-0.25, -0.2) is 4.39 Å². The molecule has 0 spiro atoms. The number of amides is 2. The first-order chi connectivity index (χ1) is 18.4. The average molecular weight is 530 g/mol. The largest absolute Gasteiger partial charge is 0.335 e. The van der Waals surface area contributed by atoms with Gasteiger partial charge in [0.15, 0.2) is 0 Å². The molecule has 0 unspecified atom stereocenters. The van der Waals surface area contributed by atoms with Crippen molar-refractivity contribution in [3.8, 4) is 16.9 Å². The van der Waals surface area contributed by atoms with Crippen LogP contribution in [0.5, 0.6) is 0 Å². The number of carbonyl (C=O) groups excluding carboxylic acids is 2. The van der Waals surface area contributed by atoms with Crippen molar-refractivity contribution in [2.24, 2.45) is 0 Å². The number of aromatic nitrogens is 1. The maximum absolute atomic E-state index is 14.2. The van der Waals surface area contributed by atoms with Gasteiger partial charge in [0.1, 0.15) is 5.82 Å². The normalized spacial score (nSPS) is 13.6. The molecule has 0 saturated carbocycles. The Labute approximate surface area is 227 Å². The van der Waals surface area contributed by atoms with Crippen molar-refractivity contribution >= 4 is 23.4 Å².